The van der Waals surface area contributed by atoms with E-state index >= 15 is 0 Å². The minimum Gasteiger partial charge on any atom is -0.466 e. The summed E-state index contributed by atoms with van der Waals surface area (Å²) < 4.78 is 16.7. The van der Waals surface area contributed by atoms with Crippen LogP contribution in [-0.2, 0) is 23.8 Å². The van der Waals surface area contributed by atoms with E-state index in [9.17, 15) is 35.1 Å². The van der Waals surface area contributed by atoms with E-state index in [-0.39, 0.29) is 18.5 Å². The van der Waals surface area contributed by atoms with Crippen LogP contribution >= 0.6 is 0 Å². The van der Waals surface area contributed by atoms with Gasteiger partial charge in [-0.25, -0.2) is 0 Å². The Labute approximate surface area is 527 Å². The van der Waals surface area contributed by atoms with Gasteiger partial charge in [0.05, 0.1) is 32.0 Å². The van der Waals surface area contributed by atoms with Gasteiger partial charge in [0.2, 0.25) is 5.91 Å². The van der Waals surface area contributed by atoms with E-state index < -0.39 is 49.5 Å². The van der Waals surface area contributed by atoms with Crippen LogP contribution in [0.2, 0.25) is 0 Å². The quantitative estimate of drug-likeness (QED) is 0.0195. The highest BCUT2D eigenvalue weighted by atomic mass is 16.7. The number of carbonyl (C=O) groups excluding carboxylic acids is 2. The van der Waals surface area contributed by atoms with E-state index in [4.69, 9.17) is 14.2 Å². The molecule has 0 saturated carbocycles. The van der Waals surface area contributed by atoms with Crippen LogP contribution in [0.15, 0.2) is 85.1 Å². The second kappa shape index (κ2) is 63.4. The molecule has 0 aliphatic carbocycles. The van der Waals surface area contributed by atoms with Crippen molar-refractivity contribution in [1.29, 1.82) is 0 Å². The molecule has 1 aliphatic rings. The van der Waals surface area contributed by atoms with E-state index in [1.54, 1.807) is 6.08 Å². The van der Waals surface area contributed by atoms with Crippen LogP contribution in [-0.4, -0.2) is 100 Å². The van der Waals surface area contributed by atoms with Crippen LogP contribution in [0.25, 0.3) is 0 Å². The lowest BCUT2D eigenvalue weighted by atomic mass is 9.99. The first-order chi connectivity index (χ1) is 42.2. The predicted octanol–water partition coefficient (Wildman–Crippen LogP) is 18.5. The summed E-state index contributed by atoms with van der Waals surface area (Å²) in [5, 5.41) is 54.2. The third kappa shape index (κ3) is 51.7. The van der Waals surface area contributed by atoms with Gasteiger partial charge in [-0.05, 0) is 116 Å². The van der Waals surface area contributed by atoms with E-state index in [0.29, 0.717) is 19.4 Å². The molecule has 7 atom stereocenters. The molecule has 11 heteroatoms. The van der Waals surface area contributed by atoms with Gasteiger partial charge in [0.1, 0.15) is 24.4 Å². The number of ether oxygens (including phenoxy) is 3. The second-order valence-corrected chi connectivity index (χ2v) is 24.6. The molecule has 0 aromatic carbocycles. The molecular weight excluding hydrogens is 1070 g/mol. The van der Waals surface area contributed by atoms with Gasteiger partial charge in [-0.1, -0.05) is 272 Å². The number of unbranched alkanes of at least 4 members (excludes halogenated alkanes) is 37. The monoisotopic (exact) mass is 1210 g/mol. The first-order valence-corrected chi connectivity index (χ1v) is 35.8. The van der Waals surface area contributed by atoms with Crippen molar-refractivity contribution in [2.24, 2.45) is 0 Å². The molecule has 0 bridgehead atoms. The molecule has 0 aromatic heterocycles. The normalized spacial score (nSPS) is 18.4. The number of aliphatic hydroxyl groups is 5. The van der Waals surface area contributed by atoms with Crippen LogP contribution in [0.5, 0.6) is 0 Å². The maximum atomic E-state index is 13.0. The minimum atomic E-state index is -1.58. The Morgan fingerprint density at radius 1 is 0.453 bits per heavy atom. The molecule has 86 heavy (non-hydrogen) atoms. The molecule has 0 spiro atoms. The average molecular weight is 1210 g/mol. The number of amides is 1. The number of hydrogen-bond acceptors (Lipinski definition) is 10. The number of carbonyl (C=O) groups is 2. The lowest BCUT2D eigenvalue weighted by Gasteiger charge is -2.40. The maximum absolute atomic E-state index is 13.0. The molecule has 1 saturated heterocycles. The van der Waals surface area contributed by atoms with Crippen molar-refractivity contribution in [2.75, 3.05) is 19.8 Å². The highest BCUT2D eigenvalue weighted by Crippen LogP contribution is 2.23. The van der Waals surface area contributed by atoms with Crippen LogP contribution in [0, 0.1) is 0 Å². The molecular formula is C75H133NO10. The van der Waals surface area contributed by atoms with E-state index in [2.05, 4.69) is 79.1 Å². The van der Waals surface area contributed by atoms with Crippen molar-refractivity contribution in [1.82, 2.24) is 5.32 Å². The second-order valence-electron chi connectivity index (χ2n) is 24.6. The van der Waals surface area contributed by atoms with Crippen LogP contribution in [0.1, 0.15) is 316 Å². The van der Waals surface area contributed by atoms with Gasteiger partial charge in [-0.2, -0.15) is 0 Å². The summed E-state index contributed by atoms with van der Waals surface area (Å²) in [6.45, 7) is 4.08. The number of esters is 1. The van der Waals surface area contributed by atoms with Crippen molar-refractivity contribution in [3.63, 3.8) is 0 Å². The molecule has 498 valence electrons. The van der Waals surface area contributed by atoms with Gasteiger partial charge in [-0.3, -0.25) is 9.59 Å². The van der Waals surface area contributed by atoms with Gasteiger partial charge >= 0.3 is 5.97 Å². The standard InChI is InChI=1S/C75H133NO10/c1-3-5-7-9-11-13-14-15-16-37-40-43-47-51-55-59-63-71(80)84-64-60-56-52-48-44-41-38-35-33-31-29-27-25-23-21-19-17-18-20-22-24-26-28-30-32-34-36-39-42-46-50-54-58-62-70(79)76-67(68(78)61-57-53-49-45-12-10-8-6-4-2)66-85-75-74(83)73(82)72(81)69(65-77)86-75/h4,6,12-14,16,21,23,27,29,37,45,57,61,67-69,72-75,77-78,81-83H,3,5,7-11,15,17-20,22,24-26,28,30-36,38-44,46-56,58-60,62-66H2,1-2H3,(H,76,79)/b6-4+,14-13-,23-21-,29-27-,37-16-,45-12+,61-57+. The number of rotatable bonds is 62. The smallest absolute Gasteiger partial charge is 0.305 e. The van der Waals surface area contributed by atoms with Gasteiger partial charge in [0.25, 0.3) is 0 Å². The SMILES string of the molecule is C/C=C/CC/C=C/CC/C=C/C(O)C(COC1OC(CO)C(O)C(O)C1O)NC(=O)CCCCCCCCCCCCCCCCCCC/C=C\C/C=C\CCCCCCCCCCCOC(=O)CCCCCCC/C=C\C/C=C\CCCCCC. The Kier molecular flexibility index (Phi) is 59.6. The zero-order valence-corrected chi connectivity index (χ0v) is 55.3. The molecule has 1 heterocycles. The van der Waals surface area contributed by atoms with Crippen LogP contribution < -0.4 is 5.32 Å². The summed E-state index contributed by atoms with van der Waals surface area (Å²) in [6.07, 6.45) is 77.6. The Hall–Kier alpha value is -3.16. The van der Waals surface area contributed by atoms with Crippen molar-refractivity contribution in [3.05, 3.63) is 85.1 Å². The van der Waals surface area contributed by atoms with Crippen molar-refractivity contribution in [2.45, 2.75) is 358 Å². The Morgan fingerprint density at radius 2 is 0.837 bits per heavy atom. The minimum absolute atomic E-state index is 0.00765. The summed E-state index contributed by atoms with van der Waals surface area (Å²) >= 11 is 0. The largest absolute Gasteiger partial charge is 0.466 e. The first kappa shape index (κ1) is 80.9. The fraction of sp³-hybridized carbons (Fsp3) is 0.787. The van der Waals surface area contributed by atoms with E-state index in [0.717, 1.165) is 77.0 Å². The maximum Gasteiger partial charge on any atom is 0.305 e. The van der Waals surface area contributed by atoms with Crippen LogP contribution in [0.4, 0.5) is 0 Å². The lowest BCUT2D eigenvalue weighted by molar-refractivity contribution is -0.302. The molecule has 1 amide bonds. The molecule has 1 aliphatic heterocycles. The molecule has 7 unspecified atom stereocenters. The zero-order chi connectivity index (χ0) is 62.3. The van der Waals surface area contributed by atoms with Gasteiger partial charge in [-0.15, -0.1) is 0 Å². The van der Waals surface area contributed by atoms with Gasteiger partial charge in [0.15, 0.2) is 6.29 Å². The average Bonchev–Trinajstić information content (AvgIpc) is 3.02. The predicted molar refractivity (Wildman–Crippen MR) is 361 cm³/mol. The molecule has 11 nitrogen and oxygen atoms in total. The summed E-state index contributed by atoms with van der Waals surface area (Å²) in [7, 11) is 0. The Morgan fingerprint density at radius 3 is 1.28 bits per heavy atom. The molecule has 1 fully saturated rings. The molecule has 0 aromatic rings. The fourth-order valence-electron chi connectivity index (χ4n) is 10.9. The fourth-order valence-corrected chi connectivity index (χ4v) is 10.9. The number of allylic oxidation sites excluding steroid dienone is 13. The first-order valence-electron chi connectivity index (χ1n) is 35.8. The van der Waals surface area contributed by atoms with E-state index in [1.165, 1.54) is 212 Å². The zero-order valence-electron chi connectivity index (χ0n) is 55.3. The van der Waals surface area contributed by atoms with Crippen molar-refractivity contribution in [3.8, 4) is 0 Å². The topological polar surface area (TPSA) is 175 Å². The third-order valence-corrected chi connectivity index (χ3v) is 16.5. The Balaban J connectivity index is 1.91. The van der Waals surface area contributed by atoms with Gasteiger partial charge in [0, 0.05) is 12.8 Å². The summed E-state index contributed by atoms with van der Waals surface area (Å²) in [5.41, 5.74) is 0. The lowest BCUT2D eigenvalue weighted by Crippen LogP contribution is -2.60. The Bertz CT molecular complexity index is 1710. The van der Waals surface area contributed by atoms with Crippen molar-refractivity contribution >= 4 is 11.9 Å². The summed E-state index contributed by atoms with van der Waals surface area (Å²) in [6, 6.07) is -0.834. The third-order valence-electron chi connectivity index (χ3n) is 16.5. The van der Waals surface area contributed by atoms with Gasteiger partial charge < -0.3 is 45.1 Å². The molecule has 1 rings (SSSR count). The number of nitrogens with one attached hydrogen (secondary N) is 1. The number of aliphatic hydroxyl groups excluding tert-OH is 5. The number of hydrogen-bond donors (Lipinski definition) is 6. The molecule has 0 radical (unpaired) electrons. The van der Waals surface area contributed by atoms with Crippen LogP contribution in [0.3, 0.4) is 0 Å². The van der Waals surface area contributed by atoms with Crippen molar-refractivity contribution < 1.29 is 49.3 Å². The summed E-state index contributed by atoms with van der Waals surface area (Å²) in [5.74, 6) is -0.206. The molecule has 6 N–H and O–H groups in total. The van der Waals surface area contributed by atoms with E-state index in [1.807, 2.05) is 19.1 Å². The summed E-state index contributed by atoms with van der Waals surface area (Å²) in [4.78, 5) is 25.1. The highest BCUT2D eigenvalue weighted by Gasteiger charge is 2.44. The highest BCUT2D eigenvalue weighted by molar-refractivity contribution is 5.76.